The molecule has 0 aromatic heterocycles. The third-order valence-electron chi connectivity index (χ3n) is 1.50. The van der Waals surface area contributed by atoms with Crippen molar-refractivity contribution in [3.8, 4) is 0 Å². The van der Waals surface area contributed by atoms with Gasteiger partial charge in [0.05, 0.1) is 0 Å². The van der Waals surface area contributed by atoms with Gasteiger partial charge in [0.15, 0.2) is 0 Å². The first-order valence-electron chi connectivity index (χ1n) is 3.91. The SMILES string of the molecule is Nc1cccc(C=CCCCl)c1. The third-order valence-corrected chi connectivity index (χ3v) is 1.71. The number of hydrogen-bond donors (Lipinski definition) is 1. The molecule has 0 aliphatic rings. The summed E-state index contributed by atoms with van der Waals surface area (Å²) in [4.78, 5) is 0. The molecule has 0 saturated carbocycles. The number of nitrogens with two attached hydrogens (primary N) is 1. The van der Waals surface area contributed by atoms with E-state index in [1.54, 1.807) is 0 Å². The molecule has 1 aromatic rings. The maximum Gasteiger partial charge on any atom is 0.0319 e. The van der Waals surface area contributed by atoms with Crippen LogP contribution in [0, 0.1) is 0 Å². The van der Waals surface area contributed by atoms with Gasteiger partial charge < -0.3 is 5.73 Å². The molecule has 0 aliphatic heterocycles. The first-order chi connectivity index (χ1) is 5.83. The molecule has 0 aliphatic carbocycles. The standard InChI is InChI=1S/C10H12ClN/c11-7-2-1-4-9-5-3-6-10(12)8-9/h1,3-6,8H,2,7,12H2. The van der Waals surface area contributed by atoms with Crippen molar-refractivity contribution in [2.45, 2.75) is 6.42 Å². The van der Waals surface area contributed by atoms with Gasteiger partial charge in [-0.05, 0) is 24.1 Å². The highest BCUT2D eigenvalue weighted by Gasteiger charge is 1.86. The van der Waals surface area contributed by atoms with Crippen LogP contribution in [-0.4, -0.2) is 5.88 Å². The van der Waals surface area contributed by atoms with E-state index in [1.165, 1.54) is 0 Å². The molecule has 2 N–H and O–H groups in total. The van der Waals surface area contributed by atoms with E-state index < -0.39 is 0 Å². The normalized spacial score (nSPS) is 10.8. The van der Waals surface area contributed by atoms with Crippen molar-refractivity contribution in [1.29, 1.82) is 0 Å². The van der Waals surface area contributed by atoms with Crippen LogP contribution in [0.4, 0.5) is 5.69 Å². The van der Waals surface area contributed by atoms with Crippen LogP contribution in [0.3, 0.4) is 0 Å². The van der Waals surface area contributed by atoms with E-state index in [1.807, 2.05) is 36.4 Å². The Hall–Kier alpha value is -0.950. The molecule has 0 unspecified atom stereocenters. The fraction of sp³-hybridized carbons (Fsp3) is 0.200. The van der Waals surface area contributed by atoms with Crippen LogP contribution < -0.4 is 5.73 Å². The highest BCUT2D eigenvalue weighted by Crippen LogP contribution is 2.08. The van der Waals surface area contributed by atoms with E-state index in [0.29, 0.717) is 5.88 Å². The van der Waals surface area contributed by atoms with Gasteiger partial charge in [-0.15, -0.1) is 11.6 Å². The Labute approximate surface area is 77.8 Å². The number of benzene rings is 1. The van der Waals surface area contributed by atoms with Crippen molar-refractivity contribution in [2.75, 3.05) is 11.6 Å². The lowest BCUT2D eigenvalue weighted by Crippen LogP contribution is -1.83. The van der Waals surface area contributed by atoms with E-state index in [9.17, 15) is 0 Å². The quantitative estimate of drug-likeness (QED) is 0.563. The number of rotatable bonds is 3. The lowest BCUT2D eigenvalue weighted by Gasteiger charge is -1.94. The molecule has 0 fully saturated rings. The zero-order valence-electron chi connectivity index (χ0n) is 6.83. The van der Waals surface area contributed by atoms with E-state index in [0.717, 1.165) is 17.7 Å². The maximum absolute atomic E-state index is 5.60. The van der Waals surface area contributed by atoms with Gasteiger partial charge in [0.25, 0.3) is 0 Å². The molecule has 0 spiro atoms. The lowest BCUT2D eigenvalue weighted by atomic mass is 10.2. The van der Waals surface area contributed by atoms with Crippen molar-refractivity contribution in [3.63, 3.8) is 0 Å². The number of allylic oxidation sites excluding steroid dienone is 1. The molecule has 0 amide bonds. The zero-order valence-corrected chi connectivity index (χ0v) is 7.59. The molecule has 1 rings (SSSR count). The lowest BCUT2D eigenvalue weighted by molar-refractivity contribution is 1.24. The van der Waals surface area contributed by atoms with Crippen LogP contribution in [0.25, 0.3) is 6.08 Å². The summed E-state index contributed by atoms with van der Waals surface area (Å²) in [6, 6.07) is 7.76. The topological polar surface area (TPSA) is 26.0 Å². The second-order valence-electron chi connectivity index (χ2n) is 2.55. The molecule has 64 valence electrons. The minimum atomic E-state index is 0.665. The zero-order chi connectivity index (χ0) is 8.81. The summed E-state index contributed by atoms with van der Waals surface area (Å²) in [7, 11) is 0. The molecule has 0 radical (unpaired) electrons. The third kappa shape index (κ3) is 2.97. The Balaban J connectivity index is 2.63. The summed E-state index contributed by atoms with van der Waals surface area (Å²) < 4.78 is 0. The van der Waals surface area contributed by atoms with Gasteiger partial charge in [-0.2, -0.15) is 0 Å². The van der Waals surface area contributed by atoms with Gasteiger partial charge in [-0.3, -0.25) is 0 Å². The fourth-order valence-corrected chi connectivity index (χ4v) is 1.07. The smallest absolute Gasteiger partial charge is 0.0319 e. The van der Waals surface area contributed by atoms with Crippen molar-refractivity contribution in [1.82, 2.24) is 0 Å². The first-order valence-corrected chi connectivity index (χ1v) is 4.44. The maximum atomic E-state index is 5.60. The van der Waals surface area contributed by atoms with Crippen LogP contribution in [0.5, 0.6) is 0 Å². The van der Waals surface area contributed by atoms with Crippen molar-refractivity contribution >= 4 is 23.4 Å². The Morgan fingerprint density at radius 1 is 1.42 bits per heavy atom. The Morgan fingerprint density at radius 2 is 2.25 bits per heavy atom. The molecule has 1 aromatic carbocycles. The molecule has 0 heterocycles. The number of halogens is 1. The van der Waals surface area contributed by atoms with Crippen LogP contribution >= 0.6 is 11.6 Å². The summed E-state index contributed by atoms with van der Waals surface area (Å²) >= 11 is 5.52. The number of alkyl halides is 1. The van der Waals surface area contributed by atoms with Crippen molar-refractivity contribution < 1.29 is 0 Å². The largest absolute Gasteiger partial charge is 0.399 e. The second-order valence-corrected chi connectivity index (χ2v) is 2.93. The summed E-state index contributed by atoms with van der Waals surface area (Å²) in [5.41, 5.74) is 7.52. The molecular formula is C10H12ClN. The average Bonchev–Trinajstić information content (AvgIpc) is 2.05. The van der Waals surface area contributed by atoms with E-state index in [4.69, 9.17) is 17.3 Å². The molecule has 2 heteroatoms. The van der Waals surface area contributed by atoms with Crippen LogP contribution in [0.15, 0.2) is 30.3 Å². The highest BCUT2D eigenvalue weighted by molar-refractivity contribution is 6.17. The van der Waals surface area contributed by atoms with E-state index >= 15 is 0 Å². The van der Waals surface area contributed by atoms with Crippen LogP contribution in [-0.2, 0) is 0 Å². The average molecular weight is 182 g/mol. The summed E-state index contributed by atoms with van der Waals surface area (Å²) in [5, 5.41) is 0. The van der Waals surface area contributed by atoms with Gasteiger partial charge in [-0.1, -0.05) is 24.3 Å². The monoisotopic (exact) mass is 181 g/mol. The Morgan fingerprint density at radius 3 is 2.92 bits per heavy atom. The van der Waals surface area contributed by atoms with Gasteiger partial charge in [0, 0.05) is 11.6 Å². The fourth-order valence-electron chi connectivity index (χ4n) is 0.945. The minimum Gasteiger partial charge on any atom is -0.399 e. The minimum absolute atomic E-state index is 0.665. The second kappa shape index (κ2) is 4.83. The summed E-state index contributed by atoms with van der Waals surface area (Å²) in [5.74, 6) is 0.665. The van der Waals surface area contributed by atoms with Crippen LogP contribution in [0.2, 0.25) is 0 Å². The van der Waals surface area contributed by atoms with Crippen molar-refractivity contribution in [3.05, 3.63) is 35.9 Å². The Kier molecular flexibility index (Phi) is 3.68. The highest BCUT2D eigenvalue weighted by atomic mass is 35.5. The molecule has 0 saturated heterocycles. The van der Waals surface area contributed by atoms with E-state index in [2.05, 4.69) is 0 Å². The van der Waals surface area contributed by atoms with E-state index in [-0.39, 0.29) is 0 Å². The number of hydrogen-bond acceptors (Lipinski definition) is 1. The molecule has 1 nitrogen and oxygen atoms in total. The van der Waals surface area contributed by atoms with Gasteiger partial charge in [0.2, 0.25) is 0 Å². The molecule has 12 heavy (non-hydrogen) atoms. The van der Waals surface area contributed by atoms with Crippen molar-refractivity contribution in [2.24, 2.45) is 0 Å². The summed E-state index contributed by atoms with van der Waals surface area (Å²) in [6.45, 7) is 0. The van der Waals surface area contributed by atoms with Gasteiger partial charge in [-0.25, -0.2) is 0 Å². The van der Waals surface area contributed by atoms with Crippen LogP contribution in [0.1, 0.15) is 12.0 Å². The molecule has 0 bridgehead atoms. The van der Waals surface area contributed by atoms with Gasteiger partial charge >= 0.3 is 0 Å². The predicted molar refractivity (Wildman–Crippen MR) is 55.2 cm³/mol. The van der Waals surface area contributed by atoms with Gasteiger partial charge in [0.1, 0.15) is 0 Å². The Bertz CT molecular complexity index is 268. The number of anilines is 1. The molecular weight excluding hydrogens is 170 g/mol. The predicted octanol–water partition coefficient (Wildman–Crippen LogP) is 2.91. The number of nitrogen functional groups attached to an aromatic ring is 1. The molecule has 0 atom stereocenters. The summed E-state index contributed by atoms with van der Waals surface area (Å²) in [6.07, 6.45) is 4.97. The first kappa shape index (κ1) is 9.14.